The SMILES string of the molecule is O=C(NCC=NOCCO)c1ccc(C2=NOC(c3cc(Cl)c(F)c(Cl)c3)(C(F)(F)F)C2)c2ccccc12. The molecule has 1 heterocycles. The van der Waals surface area contributed by atoms with Crippen LogP contribution in [0, 0.1) is 5.82 Å². The van der Waals surface area contributed by atoms with Crippen LogP contribution in [-0.4, -0.2) is 48.9 Å². The lowest BCUT2D eigenvalue weighted by molar-refractivity contribution is -0.275. The highest BCUT2D eigenvalue weighted by atomic mass is 35.5. The summed E-state index contributed by atoms with van der Waals surface area (Å²) >= 11 is 11.5. The number of nitrogens with zero attached hydrogens (tertiary/aromatic N) is 2. The third-order valence-electron chi connectivity index (χ3n) is 5.80. The minimum absolute atomic E-state index is 0.0149. The second kappa shape index (κ2) is 11.1. The van der Waals surface area contributed by atoms with E-state index in [9.17, 15) is 22.4 Å². The molecule has 2 N–H and O–H groups in total. The second-order valence-corrected chi connectivity index (χ2v) is 8.96. The number of amides is 1. The first-order valence-corrected chi connectivity index (χ1v) is 11.9. The van der Waals surface area contributed by atoms with Crippen molar-refractivity contribution in [3.63, 3.8) is 0 Å². The Labute approximate surface area is 223 Å². The molecule has 1 atom stereocenters. The van der Waals surface area contributed by atoms with E-state index in [2.05, 4.69) is 15.6 Å². The molecular weight excluding hydrogens is 553 g/mol. The highest BCUT2D eigenvalue weighted by Crippen LogP contribution is 2.50. The minimum atomic E-state index is -4.96. The summed E-state index contributed by atoms with van der Waals surface area (Å²) in [4.78, 5) is 22.5. The van der Waals surface area contributed by atoms with Gasteiger partial charge < -0.3 is 20.1 Å². The molecular formula is C25H19Cl2F4N3O4. The number of aliphatic hydroxyl groups is 1. The van der Waals surface area contributed by atoms with Crippen LogP contribution in [0.4, 0.5) is 17.6 Å². The maximum Gasteiger partial charge on any atom is 0.435 e. The lowest BCUT2D eigenvalue weighted by Gasteiger charge is -2.29. The van der Waals surface area contributed by atoms with Gasteiger partial charge in [-0.1, -0.05) is 63.8 Å². The van der Waals surface area contributed by atoms with Gasteiger partial charge in [0.25, 0.3) is 11.5 Å². The zero-order valence-corrected chi connectivity index (χ0v) is 20.9. The molecule has 1 amide bonds. The van der Waals surface area contributed by atoms with Gasteiger partial charge in [0.1, 0.15) is 6.61 Å². The van der Waals surface area contributed by atoms with E-state index in [4.69, 9.17) is 38.0 Å². The lowest BCUT2D eigenvalue weighted by Crippen LogP contribution is -2.42. The number of nitrogens with one attached hydrogen (secondary N) is 1. The van der Waals surface area contributed by atoms with Crippen molar-refractivity contribution in [2.45, 2.75) is 18.2 Å². The van der Waals surface area contributed by atoms with Gasteiger partial charge in [0, 0.05) is 23.1 Å². The highest BCUT2D eigenvalue weighted by molar-refractivity contribution is 6.35. The fraction of sp³-hybridized carbons (Fsp3) is 0.240. The molecule has 13 heteroatoms. The van der Waals surface area contributed by atoms with Gasteiger partial charge in [-0.15, -0.1) is 0 Å². The van der Waals surface area contributed by atoms with Crippen LogP contribution in [-0.2, 0) is 15.3 Å². The highest BCUT2D eigenvalue weighted by Gasteiger charge is 2.62. The Hall–Kier alpha value is -3.41. The number of carbonyl (C=O) groups excluding carboxylic acids is 1. The molecule has 0 saturated heterocycles. The van der Waals surface area contributed by atoms with Gasteiger partial charge in [0.15, 0.2) is 5.82 Å². The molecule has 200 valence electrons. The van der Waals surface area contributed by atoms with E-state index < -0.39 is 45.5 Å². The molecule has 0 saturated carbocycles. The Morgan fingerprint density at radius 2 is 1.87 bits per heavy atom. The van der Waals surface area contributed by atoms with E-state index in [1.54, 1.807) is 24.3 Å². The first-order chi connectivity index (χ1) is 18.1. The molecule has 0 fully saturated rings. The van der Waals surface area contributed by atoms with Crippen LogP contribution in [0.3, 0.4) is 0 Å². The summed E-state index contributed by atoms with van der Waals surface area (Å²) in [5.41, 5.74) is -2.88. The number of oxime groups is 2. The molecule has 0 spiro atoms. The quantitative estimate of drug-likeness (QED) is 0.121. The summed E-state index contributed by atoms with van der Waals surface area (Å²) in [6.45, 7) is -0.146. The van der Waals surface area contributed by atoms with Gasteiger partial charge >= 0.3 is 6.18 Å². The topological polar surface area (TPSA) is 92.5 Å². The number of benzene rings is 3. The van der Waals surface area contributed by atoms with Crippen molar-refractivity contribution in [3.8, 4) is 0 Å². The van der Waals surface area contributed by atoms with Crippen LogP contribution >= 0.6 is 23.2 Å². The van der Waals surface area contributed by atoms with E-state index in [1.807, 2.05) is 0 Å². The molecule has 1 aliphatic rings. The molecule has 3 aromatic rings. The smallest absolute Gasteiger partial charge is 0.394 e. The van der Waals surface area contributed by atoms with Gasteiger partial charge in [-0.05, 0) is 29.0 Å². The van der Waals surface area contributed by atoms with E-state index in [-0.39, 0.29) is 31.0 Å². The third kappa shape index (κ3) is 5.27. The van der Waals surface area contributed by atoms with Gasteiger partial charge in [-0.3, -0.25) is 4.79 Å². The van der Waals surface area contributed by atoms with E-state index >= 15 is 0 Å². The summed E-state index contributed by atoms with van der Waals surface area (Å²) in [6.07, 6.45) is -4.39. The third-order valence-corrected chi connectivity index (χ3v) is 6.35. The molecule has 0 aromatic heterocycles. The number of carbonyl (C=O) groups is 1. The number of fused-ring (bicyclic) bond motifs is 1. The van der Waals surface area contributed by atoms with Crippen molar-refractivity contribution >= 4 is 51.8 Å². The van der Waals surface area contributed by atoms with Crippen molar-refractivity contribution < 1.29 is 37.1 Å². The first kappa shape index (κ1) is 27.6. The van der Waals surface area contributed by atoms with Crippen molar-refractivity contribution in [3.05, 3.63) is 81.1 Å². The fourth-order valence-corrected chi connectivity index (χ4v) is 4.49. The van der Waals surface area contributed by atoms with Crippen LogP contribution in [0.25, 0.3) is 10.8 Å². The van der Waals surface area contributed by atoms with Crippen molar-refractivity contribution in [1.29, 1.82) is 0 Å². The largest absolute Gasteiger partial charge is 0.435 e. The Morgan fingerprint density at radius 3 is 2.53 bits per heavy atom. The maximum atomic E-state index is 14.4. The van der Waals surface area contributed by atoms with Crippen LogP contribution in [0.1, 0.15) is 27.9 Å². The summed E-state index contributed by atoms with van der Waals surface area (Å²) in [5, 5.41) is 18.4. The Morgan fingerprint density at radius 1 is 1.18 bits per heavy atom. The molecule has 0 aliphatic carbocycles. The first-order valence-electron chi connectivity index (χ1n) is 11.1. The summed E-state index contributed by atoms with van der Waals surface area (Å²) < 4.78 is 57.1. The zero-order chi connectivity index (χ0) is 27.5. The number of hydrogen-bond acceptors (Lipinski definition) is 6. The summed E-state index contributed by atoms with van der Waals surface area (Å²) in [6, 6.07) is 11.2. The molecule has 0 bridgehead atoms. The molecule has 0 radical (unpaired) electrons. The van der Waals surface area contributed by atoms with E-state index in [0.717, 1.165) is 12.1 Å². The normalized spacial score (nSPS) is 17.5. The average molecular weight is 572 g/mol. The number of alkyl halides is 3. The molecule has 38 heavy (non-hydrogen) atoms. The summed E-state index contributed by atoms with van der Waals surface area (Å²) in [7, 11) is 0. The monoisotopic (exact) mass is 571 g/mol. The van der Waals surface area contributed by atoms with Crippen molar-refractivity contribution in [2.75, 3.05) is 19.8 Å². The molecule has 7 nitrogen and oxygen atoms in total. The molecule has 3 aromatic carbocycles. The van der Waals surface area contributed by atoms with Crippen molar-refractivity contribution in [1.82, 2.24) is 5.32 Å². The van der Waals surface area contributed by atoms with E-state index in [1.165, 1.54) is 18.3 Å². The molecule has 1 aliphatic heterocycles. The number of hydrogen-bond donors (Lipinski definition) is 2. The maximum absolute atomic E-state index is 14.4. The minimum Gasteiger partial charge on any atom is -0.394 e. The second-order valence-electron chi connectivity index (χ2n) is 8.15. The fourth-order valence-electron chi connectivity index (χ4n) is 4.00. The van der Waals surface area contributed by atoms with E-state index in [0.29, 0.717) is 16.3 Å². The lowest BCUT2D eigenvalue weighted by atomic mass is 9.85. The van der Waals surface area contributed by atoms with Crippen molar-refractivity contribution in [2.24, 2.45) is 10.3 Å². The summed E-state index contributed by atoms with van der Waals surface area (Å²) in [5.74, 6) is -1.50. The van der Waals surface area contributed by atoms with Crippen LogP contribution in [0.2, 0.25) is 10.0 Å². The molecule has 4 rings (SSSR count). The van der Waals surface area contributed by atoms with Gasteiger partial charge in [-0.2, -0.15) is 13.2 Å². The van der Waals surface area contributed by atoms with Crippen LogP contribution in [0.5, 0.6) is 0 Å². The zero-order valence-electron chi connectivity index (χ0n) is 19.4. The predicted molar refractivity (Wildman–Crippen MR) is 134 cm³/mol. The number of halogens is 6. The van der Waals surface area contributed by atoms with Gasteiger partial charge in [-0.25, -0.2) is 4.39 Å². The average Bonchev–Trinajstić information content (AvgIpc) is 3.35. The Bertz CT molecular complexity index is 1410. The van der Waals surface area contributed by atoms with Crippen LogP contribution in [0.15, 0.2) is 58.8 Å². The number of aliphatic hydroxyl groups excluding tert-OH is 1. The van der Waals surface area contributed by atoms with Gasteiger partial charge in [0.05, 0.1) is 35.1 Å². The Balaban J connectivity index is 1.66. The standard InChI is InChI=1S/C25H19Cl2F4N3O4/c26-19-11-14(12-20(27)22(19)28)24(25(29,30)31)13-21(34-38-24)17-5-6-18(16-4-2-1-3-15(16)17)23(36)32-7-8-33-37-10-9-35/h1-6,8,11-12,35H,7,9-10,13H2,(H,32,36). The molecule has 1 unspecified atom stereocenters. The van der Waals surface area contributed by atoms with Gasteiger partial charge in [0.2, 0.25) is 0 Å². The van der Waals surface area contributed by atoms with Crippen LogP contribution < -0.4 is 5.32 Å². The predicted octanol–water partition coefficient (Wildman–Crippen LogP) is 5.59. The Kier molecular flexibility index (Phi) is 8.10. The number of rotatable bonds is 8.